The average Bonchev–Trinajstić information content (AvgIpc) is 1.89. The van der Waals surface area contributed by atoms with Gasteiger partial charge in [0.15, 0.2) is 0 Å². The van der Waals surface area contributed by atoms with Crippen LogP contribution in [0.15, 0.2) is 0 Å². The molecule has 0 aliphatic carbocycles. The highest BCUT2D eigenvalue weighted by molar-refractivity contribution is 6.31. The molecule has 0 heterocycles. The SMILES string of the molecule is CCOC(C)O[Si]CCCl.[Cl-].[Cl-]. The van der Waals surface area contributed by atoms with Crippen LogP contribution in [0, 0.1) is 0 Å². The van der Waals surface area contributed by atoms with Gasteiger partial charge < -0.3 is 34.0 Å². The first-order valence-electron chi connectivity index (χ1n) is 3.37. The van der Waals surface area contributed by atoms with Crippen molar-refractivity contribution >= 4 is 21.4 Å². The van der Waals surface area contributed by atoms with Gasteiger partial charge in [-0.2, -0.15) is 0 Å². The maximum Gasteiger partial charge on any atom is 0.234 e. The molecule has 2 radical (unpaired) electrons. The van der Waals surface area contributed by atoms with Crippen molar-refractivity contribution in [1.29, 1.82) is 0 Å². The lowest BCUT2D eigenvalue weighted by Crippen LogP contribution is -3.00. The summed E-state index contributed by atoms with van der Waals surface area (Å²) in [6, 6.07) is 0.916. The molecule has 0 aromatic carbocycles. The van der Waals surface area contributed by atoms with Crippen LogP contribution in [0.4, 0.5) is 0 Å². The van der Waals surface area contributed by atoms with Gasteiger partial charge in [0.05, 0.1) is 0 Å². The number of hydrogen-bond acceptors (Lipinski definition) is 2. The van der Waals surface area contributed by atoms with Crippen LogP contribution in [0.3, 0.4) is 0 Å². The molecule has 0 saturated carbocycles. The summed E-state index contributed by atoms with van der Waals surface area (Å²) in [6.45, 7) is 4.54. The van der Waals surface area contributed by atoms with E-state index in [9.17, 15) is 0 Å². The van der Waals surface area contributed by atoms with Gasteiger partial charge in [-0.25, -0.2) is 0 Å². The molecule has 6 heteroatoms. The Morgan fingerprint density at radius 2 is 2.00 bits per heavy atom. The normalized spacial score (nSPS) is 11.2. The fraction of sp³-hybridized carbons (Fsp3) is 1.00. The molecule has 1 atom stereocenters. The Kier molecular flexibility index (Phi) is 22.7. The maximum atomic E-state index is 5.45. The van der Waals surface area contributed by atoms with Crippen molar-refractivity contribution in [3.8, 4) is 0 Å². The van der Waals surface area contributed by atoms with E-state index in [1.165, 1.54) is 0 Å². The molecule has 2 nitrogen and oxygen atoms in total. The van der Waals surface area contributed by atoms with E-state index in [0.717, 1.165) is 6.04 Å². The van der Waals surface area contributed by atoms with E-state index in [4.69, 9.17) is 20.8 Å². The van der Waals surface area contributed by atoms with E-state index in [-0.39, 0.29) is 31.1 Å². The van der Waals surface area contributed by atoms with E-state index < -0.39 is 0 Å². The molecule has 0 amide bonds. The third-order valence-corrected chi connectivity index (χ3v) is 2.31. The van der Waals surface area contributed by atoms with Crippen LogP contribution in [-0.4, -0.2) is 28.5 Å². The summed E-state index contributed by atoms with van der Waals surface area (Å²) in [7, 11) is 0.465. The smallest absolute Gasteiger partial charge is 0.234 e. The summed E-state index contributed by atoms with van der Waals surface area (Å²) in [5, 5.41) is 0. The van der Waals surface area contributed by atoms with Crippen LogP contribution in [-0.2, 0) is 9.16 Å². The fourth-order valence-corrected chi connectivity index (χ4v) is 1.21. The zero-order valence-corrected chi connectivity index (χ0v) is 10.4. The molecule has 76 valence electrons. The first-order chi connectivity index (χ1) is 4.81. The third-order valence-electron chi connectivity index (χ3n) is 0.847. The van der Waals surface area contributed by atoms with Crippen LogP contribution < -0.4 is 24.8 Å². The molecular formula is C6H13Cl3O2Si-2. The topological polar surface area (TPSA) is 18.5 Å². The monoisotopic (exact) mass is 250 g/mol. The summed E-state index contributed by atoms with van der Waals surface area (Å²) in [4.78, 5) is 0. The van der Waals surface area contributed by atoms with Crippen molar-refractivity contribution in [3.63, 3.8) is 0 Å². The summed E-state index contributed by atoms with van der Waals surface area (Å²) >= 11 is 5.45. The minimum Gasteiger partial charge on any atom is -1.00 e. The van der Waals surface area contributed by atoms with E-state index in [2.05, 4.69) is 0 Å². The number of hydrogen-bond donors (Lipinski definition) is 0. The Labute approximate surface area is 94.1 Å². The van der Waals surface area contributed by atoms with Gasteiger partial charge in [0.1, 0.15) is 6.29 Å². The Hall–Kier alpha value is 1.01. The molecule has 0 aliphatic heterocycles. The lowest BCUT2D eigenvalue weighted by atomic mass is 10.7. The van der Waals surface area contributed by atoms with Crippen LogP contribution in [0.25, 0.3) is 0 Å². The van der Waals surface area contributed by atoms with Gasteiger partial charge in [-0.3, -0.25) is 0 Å². The second-order valence-corrected chi connectivity index (χ2v) is 3.13. The van der Waals surface area contributed by atoms with Gasteiger partial charge in [0, 0.05) is 12.5 Å². The minimum atomic E-state index is -0.0773. The van der Waals surface area contributed by atoms with Crippen molar-refractivity contribution in [1.82, 2.24) is 0 Å². The van der Waals surface area contributed by atoms with Crippen molar-refractivity contribution in [2.45, 2.75) is 26.2 Å². The molecule has 0 aromatic rings. The highest BCUT2D eigenvalue weighted by Crippen LogP contribution is 1.93. The van der Waals surface area contributed by atoms with Gasteiger partial charge in [0.2, 0.25) is 9.76 Å². The van der Waals surface area contributed by atoms with Crippen molar-refractivity contribution < 1.29 is 34.0 Å². The Bertz CT molecular complexity index is 77.8. The lowest BCUT2D eigenvalue weighted by molar-refractivity contribution is -0.0604. The van der Waals surface area contributed by atoms with E-state index in [0.29, 0.717) is 22.3 Å². The first-order valence-corrected chi connectivity index (χ1v) is 5.02. The van der Waals surface area contributed by atoms with Crippen molar-refractivity contribution in [2.24, 2.45) is 0 Å². The molecule has 0 N–H and O–H groups in total. The molecule has 0 saturated heterocycles. The summed E-state index contributed by atoms with van der Waals surface area (Å²) in [6.07, 6.45) is -0.0773. The van der Waals surface area contributed by atoms with E-state index in [1.54, 1.807) is 0 Å². The number of alkyl halides is 1. The van der Waals surface area contributed by atoms with Crippen LogP contribution >= 0.6 is 11.6 Å². The standard InChI is InChI=1S/C6H13ClO2Si.2ClH/c1-3-8-6(2)9-10-5-4-7;;/h6H,3-5H2,1-2H3;2*1H/p-2. The van der Waals surface area contributed by atoms with Crippen molar-refractivity contribution in [2.75, 3.05) is 12.5 Å². The minimum absolute atomic E-state index is 0. The van der Waals surface area contributed by atoms with Gasteiger partial charge in [-0.05, 0) is 19.9 Å². The molecule has 0 bridgehead atoms. The summed E-state index contributed by atoms with van der Waals surface area (Å²) in [5.74, 6) is 0.664. The van der Waals surface area contributed by atoms with Crippen LogP contribution in [0.5, 0.6) is 0 Å². The summed E-state index contributed by atoms with van der Waals surface area (Å²) in [5.41, 5.74) is 0. The molecular weight excluding hydrogens is 239 g/mol. The number of ether oxygens (including phenoxy) is 1. The molecule has 0 fully saturated rings. The Balaban J connectivity index is -0.000000405. The highest BCUT2D eigenvalue weighted by Gasteiger charge is 1.99. The predicted molar refractivity (Wildman–Crippen MR) is 43.5 cm³/mol. The number of rotatable bonds is 6. The molecule has 1 unspecified atom stereocenters. The predicted octanol–water partition coefficient (Wildman–Crippen LogP) is -4.33. The Morgan fingerprint density at radius 3 is 2.42 bits per heavy atom. The third kappa shape index (κ3) is 13.6. The second-order valence-electron chi connectivity index (χ2n) is 1.72. The average molecular weight is 252 g/mol. The maximum absolute atomic E-state index is 5.45. The highest BCUT2D eigenvalue weighted by atomic mass is 35.5. The van der Waals surface area contributed by atoms with Gasteiger partial charge in [0.25, 0.3) is 0 Å². The number of halogens is 3. The molecule has 12 heavy (non-hydrogen) atoms. The fourth-order valence-electron chi connectivity index (χ4n) is 0.484. The van der Waals surface area contributed by atoms with Gasteiger partial charge >= 0.3 is 0 Å². The van der Waals surface area contributed by atoms with E-state index >= 15 is 0 Å². The quantitative estimate of drug-likeness (QED) is 0.206. The lowest BCUT2D eigenvalue weighted by Gasteiger charge is -2.10. The van der Waals surface area contributed by atoms with Gasteiger partial charge in [-0.15, -0.1) is 11.6 Å². The van der Waals surface area contributed by atoms with Gasteiger partial charge in [-0.1, -0.05) is 0 Å². The Morgan fingerprint density at radius 1 is 1.42 bits per heavy atom. The molecule has 0 spiro atoms. The van der Waals surface area contributed by atoms with Crippen molar-refractivity contribution in [3.05, 3.63) is 0 Å². The molecule has 0 rings (SSSR count). The van der Waals surface area contributed by atoms with Crippen LogP contribution in [0.1, 0.15) is 13.8 Å². The zero-order valence-electron chi connectivity index (χ0n) is 7.15. The largest absolute Gasteiger partial charge is 1.00 e. The first kappa shape index (κ1) is 18.7. The molecule has 0 aliphatic rings. The summed E-state index contributed by atoms with van der Waals surface area (Å²) < 4.78 is 10.4. The second kappa shape index (κ2) is 14.5. The zero-order chi connectivity index (χ0) is 7.82. The molecule has 0 aromatic heterocycles. The van der Waals surface area contributed by atoms with Crippen LogP contribution in [0.2, 0.25) is 6.04 Å². The van der Waals surface area contributed by atoms with E-state index in [1.807, 2.05) is 13.8 Å².